The predicted octanol–water partition coefficient (Wildman–Crippen LogP) is 4.52. The highest BCUT2D eigenvalue weighted by Gasteiger charge is 2.25. The Morgan fingerprint density at radius 1 is 1.22 bits per heavy atom. The molecule has 0 radical (unpaired) electrons. The minimum atomic E-state index is 0.119. The summed E-state index contributed by atoms with van der Waals surface area (Å²) in [6, 6.07) is 8.54. The molecule has 0 spiro atoms. The molecule has 1 fully saturated rings. The minimum absolute atomic E-state index is 0.119. The Hall–Kier alpha value is -2.36. The molecule has 3 rings (SSSR count). The maximum atomic E-state index is 12.6. The van der Waals surface area contributed by atoms with Gasteiger partial charge in [0.2, 0.25) is 5.91 Å². The summed E-state index contributed by atoms with van der Waals surface area (Å²) in [6.45, 7) is 10.8. The van der Waals surface area contributed by atoms with Crippen LogP contribution in [0, 0.1) is 26.7 Å². The minimum Gasteiger partial charge on any atom is -0.339 e. The van der Waals surface area contributed by atoms with Crippen LogP contribution in [0.1, 0.15) is 54.3 Å². The molecule has 144 valence electrons. The van der Waals surface area contributed by atoms with Crippen molar-refractivity contribution in [3.05, 3.63) is 58.4 Å². The van der Waals surface area contributed by atoms with E-state index in [0.29, 0.717) is 0 Å². The Labute approximate surface area is 162 Å². The van der Waals surface area contributed by atoms with Crippen LogP contribution in [0.15, 0.2) is 30.3 Å². The average molecular weight is 366 g/mol. The fourth-order valence-electron chi connectivity index (χ4n) is 3.41. The van der Waals surface area contributed by atoms with Gasteiger partial charge in [-0.2, -0.15) is 5.10 Å². The molecule has 1 aliphatic rings. The first kappa shape index (κ1) is 19.4. The van der Waals surface area contributed by atoms with Crippen molar-refractivity contribution in [3.63, 3.8) is 0 Å². The van der Waals surface area contributed by atoms with Crippen molar-refractivity contribution >= 4 is 12.0 Å². The Morgan fingerprint density at radius 2 is 1.93 bits per heavy atom. The van der Waals surface area contributed by atoms with Crippen LogP contribution < -0.4 is 0 Å². The molecular formula is C23H31N3O. The molecule has 27 heavy (non-hydrogen) atoms. The second kappa shape index (κ2) is 8.55. The molecule has 0 bridgehead atoms. The Kier molecular flexibility index (Phi) is 6.15. The van der Waals surface area contributed by atoms with Crippen molar-refractivity contribution < 1.29 is 4.79 Å². The molecule has 0 aliphatic heterocycles. The molecule has 1 aliphatic carbocycles. The summed E-state index contributed by atoms with van der Waals surface area (Å²) in [6.07, 6.45) is 7.20. The van der Waals surface area contributed by atoms with Crippen molar-refractivity contribution in [2.45, 2.75) is 53.5 Å². The van der Waals surface area contributed by atoms with Gasteiger partial charge in [-0.15, -0.1) is 0 Å². The lowest BCUT2D eigenvalue weighted by Gasteiger charge is -2.20. The monoisotopic (exact) mass is 365 g/mol. The highest BCUT2D eigenvalue weighted by atomic mass is 16.2. The normalized spacial score (nSPS) is 14.1. The second-order valence-corrected chi connectivity index (χ2v) is 7.79. The maximum Gasteiger partial charge on any atom is 0.246 e. The van der Waals surface area contributed by atoms with Crippen molar-refractivity contribution in [1.82, 2.24) is 14.7 Å². The summed E-state index contributed by atoms with van der Waals surface area (Å²) < 4.78 is 2.03. The standard InChI is InChI=1S/C23H31N3O/c1-5-14-25(15-20-10-11-20)23(27)13-12-22-18(3)24-26(19(22)4)16-21-8-6-17(2)7-9-21/h6-9,12-13,20H,5,10-11,14-16H2,1-4H3/b13-12+. The maximum absolute atomic E-state index is 12.6. The number of carbonyl (C=O) groups excluding carboxylic acids is 1. The van der Waals surface area contributed by atoms with Gasteiger partial charge in [-0.1, -0.05) is 36.8 Å². The summed E-state index contributed by atoms with van der Waals surface area (Å²) in [7, 11) is 0. The van der Waals surface area contributed by atoms with Crippen LogP contribution in [0.3, 0.4) is 0 Å². The fraction of sp³-hybridized carbons (Fsp3) is 0.478. The first-order valence-electron chi connectivity index (χ1n) is 10.0. The van der Waals surface area contributed by atoms with Gasteiger partial charge < -0.3 is 4.90 Å². The molecule has 0 N–H and O–H groups in total. The van der Waals surface area contributed by atoms with E-state index in [1.54, 1.807) is 6.08 Å². The lowest BCUT2D eigenvalue weighted by atomic mass is 10.1. The summed E-state index contributed by atoms with van der Waals surface area (Å²) >= 11 is 0. The number of amides is 1. The van der Waals surface area contributed by atoms with Crippen LogP contribution in [0.25, 0.3) is 6.08 Å². The van der Waals surface area contributed by atoms with E-state index in [1.807, 2.05) is 22.6 Å². The lowest BCUT2D eigenvalue weighted by Crippen LogP contribution is -2.32. The number of carbonyl (C=O) groups is 1. The summed E-state index contributed by atoms with van der Waals surface area (Å²) in [5.74, 6) is 0.837. The van der Waals surface area contributed by atoms with E-state index >= 15 is 0 Å². The number of nitrogens with zero attached hydrogens (tertiary/aromatic N) is 3. The van der Waals surface area contributed by atoms with E-state index in [4.69, 9.17) is 0 Å². The molecule has 4 heteroatoms. The van der Waals surface area contributed by atoms with Gasteiger partial charge >= 0.3 is 0 Å². The molecule has 1 aromatic heterocycles. The van der Waals surface area contributed by atoms with Crippen LogP contribution in [0.4, 0.5) is 0 Å². The van der Waals surface area contributed by atoms with E-state index in [2.05, 4.69) is 50.1 Å². The second-order valence-electron chi connectivity index (χ2n) is 7.79. The number of hydrogen-bond acceptors (Lipinski definition) is 2. The SMILES string of the molecule is CCCN(CC1CC1)C(=O)/C=C/c1c(C)nn(Cc2ccc(C)cc2)c1C. The first-order valence-corrected chi connectivity index (χ1v) is 10.0. The molecule has 4 nitrogen and oxygen atoms in total. The van der Waals surface area contributed by atoms with Gasteiger partial charge in [0.15, 0.2) is 0 Å². The molecular weight excluding hydrogens is 334 g/mol. The number of benzene rings is 1. The Balaban J connectivity index is 1.72. The number of aromatic nitrogens is 2. The van der Waals surface area contributed by atoms with Crippen LogP contribution in [0.5, 0.6) is 0 Å². The zero-order chi connectivity index (χ0) is 19.4. The zero-order valence-electron chi connectivity index (χ0n) is 17.0. The highest BCUT2D eigenvalue weighted by Crippen LogP contribution is 2.30. The fourth-order valence-corrected chi connectivity index (χ4v) is 3.41. The molecule has 0 saturated heterocycles. The summed E-state index contributed by atoms with van der Waals surface area (Å²) in [5, 5.41) is 4.69. The summed E-state index contributed by atoms with van der Waals surface area (Å²) in [4.78, 5) is 14.6. The van der Waals surface area contributed by atoms with Gasteiger partial charge in [0.25, 0.3) is 0 Å². The van der Waals surface area contributed by atoms with Gasteiger partial charge in [-0.05, 0) is 57.6 Å². The molecule has 1 heterocycles. The van der Waals surface area contributed by atoms with Gasteiger partial charge in [0.1, 0.15) is 0 Å². The molecule has 2 aromatic rings. The quantitative estimate of drug-likeness (QED) is 0.645. The number of hydrogen-bond donors (Lipinski definition) is 0. The third-order valence-corrected chi connectivity index (χ3v) is 5.26. The van der Waals surface area contributed by atoms with Crippen molar-refractivity contribution in [1.29, 1.82) is 0 Å². The predicted molar refractivity (Wildman–Crippen MR) is 111 cm³/mol. The smallest absolute Gasteiger partial charge is 0.246 e. The van der Waals surface area contributed by atoms with Crippen LogP contribution in [-0.4, -0.2) is 33.7 Å². The average Bonchev–Trinajstić information content (AvgIpc) is 3.42. The molecule has 1 amide bonds. The van der Waals surface area contributed by atoms with Crippen molar-refractivity contribution in [3.8, 4) is 0 Å². The molecule has 1 aromatic carbocycles. The number of aryl methyl sites for hydroxylation is 2. The van der Waals surface area contributed by atoms with Crippen molar-refractivity contribution in [2.75, 3.05) is 13.1 Å². The molecule has 1 saturated carbocycles. The van der Waals surface area contributed by atoms with Gasteiger partial charge in [0, 0.05) is 30.4 Å². The Morgan fingerprint density at radius 3 is 2.56 bits per heavy atom. The molecule has 0 unspecified atom stereocenters. The first-order chi connectivity index (χ1) is 13.0. The highest BCUT2D eigenvalue weighted by molar-refractivity contribution is 5.92. The third kappa shape index (κ3) is 5.09. The van der Waals surface area contributed by atoms with E-state index in [0.717, 1.165) is 48.9 Å². The largest absolute Gasteiger partial charge is 0.339 e. The number of rotatable bonds is 8. The zero-order valence-corrected chi connectivity index (χ0v) is 17.0. The molecule has 0 atom stereocenters. The topological polar surface area (TPSA) is 38.1 Å². The van der Waals surface area contributed by atoms with E-state index < -0.39 is 0 Å². The van der Waals surface area contributed by atoms with Gasteiger partial charge in [-0.3, -0.25) is 9.48 Å². The van der Waals surface area contributed by atoms with Crippen LogP contribution >= 0.6 is 0 Å². The van der Waals surface area contributed by atoms with Gasteiger partial charge in [0.05, 0.1) is 12.2 Å². The van der Waals surface area contributed by atoms with E-state index in [9.17, 15) is 4.79 Å². The van der Waals surface area contributed by atoms with Crippen LogP contribution in [-0.2, 0) is 11.3 Å². The lowest BCUT2D eigenvalue weighted by molar-refractivity contribution is -0.126. The van der Waals surface area contributed by atoms with E-state index in [1.165, 1.54) is 24.0 Å². The van der Waals surface area contributed by atoms with E-state index in [-0.39, 0.29) is 5.91 Å². The third-order valence-electron chi connectivity index (χ3n) is 5.26. The summed E-state index contributed by atoms with van der Waals surface area (Å²) in [5.41, 5.74) is 5.61. The van der Waals surface area contributed by atoms with Crippen molar-refractivity contribution in [2.24, 2.45) is 5.92 Å². The van der Waals surface area contributed by atoms with Crippen LogP contribution in [0.2, 0.25) is 0 Å². The Bertz CT molecular complexity index is 813. The van der Waals surface area contributed by atoms with Gasteiger partial charge in [-0.25, -0.2) is 0 Å².